The standard InChI is InChI=1S/C15H17NO6.C10H16O4.C8H16O3.C7HClO4.C5H12O3.CH2O.H3N/c1-14(2)21-9-15(22-14)7-11(15)8-20-13(17)10-3-5-12(6-4-10)16(18)19;1-7(11)12-5-8-4-10(8)6-13-9(2,3)14-10;1-8(2)10-6-7(11-8)4-3-5-9;8-7(9)11-5-3-1-2-4-6-12-10;6-3-1-2-5(8)4-7;1-2;/h3-6,11H,7-9H2,1-2H3;8H,4-6H2,1-3H3;7,9H,3-6H2,1-2H3;10H;5-8H,1-4H2;1H2;1H3/p+1. The lowest BCUT2D eigenvalue weighted by atomic mass is 10.2. The number of halogens is 1. The van der Waals surface area contributed by atoms with Crippen LogP contribution in [0, 0.1) is 57.8 Å². The van der Waals surface area contributed by atoms with Crippen molar-refractivity contribution in [2.45, 2.75) is 128 Å². The van der Waals surface area contributed by atoms with E-state index in [4.69, 9.17) is 80.0 Å². The maximum Gasteiger partial charge on any atom is 1.00 e. The van der Waals surface area contributed by atoms with E-state index < -0.39 is 39.8 Å². The molecule has 3 heterocycles. The van der Waals surface area contributed by atoms with Crippen molar-refractivity contribution < 1.29 is 98.7 Å². The molecule has 6 unspecified atom stereocenters. The van der Waals surface area contributed by atoms with Crippen molar-refractivity contribution >= 4 is 41.4 Å². The molecule has 23 nitrogen and oxygen atoms in total. The fourth-order valence-corrected chi connectivity index (χ4v) is 6.51. The van der Waals surface area contributed by atoms with Gasteiger partial charge in [-0.15, -0.1) is 0 Å². The molecule has 6 rings (SSSR count). The van der Waals surface area contributed by atoms with Gasteiger partial charge in [-0.1, -0.05) is 0 Å². The number of ether oxygens (including phenoxy) is 9. The Morgan fingerprint density at radius 3 is 1.76 bits per heavy atom. The van der Waals surface area contributed by atoms with Crippen molar-refractivity contribution in [3.05, 3.63) is 39.9 Å². The van der Waals surface area contributed by atoms with Crippen molar-refractivity contribution in [3.8, 4) is 35.9 Å². The second-order valence-corrected chi connectivity index (χ2v) is 17.2. The van der Waals surface area contributed by atoms with E-state index in [9.17, 15) is 24.5 Å². The summed E-state index contributed by atoms with van der Waals surface area (Å²) in [4.78, 5) is 53.8. The topological polar surface area (TPSA) is 340 Å². The Morgan fingerprint density at radius 2 is 1.36 bits per heavy atom. The fraction of sp³-hybridized carbons (Fsp3) is 0.652. The van der Waals surface area contributed by atoms with Gasteiger partial charge >= 0.3 is 18.8 Å². The summed E-state index contributed by atoms with van der Waals surface area (Å²) < 4.78 is 47.7. The number of rotatable bonds is 13. The van der Waals surface area contributed by atoms with E-state index in [0.717, 1.165) is 25.7 Å². The van der Waals surface area contributed by atoms with Gasteiger partial charge in [-0.3, -0.25) is 19.8 Å². The van der Waals surface area contributed by atoms with E-state index >= 15 is 0 Å². The summed E-state index contributed by atoms with van der Waals surface area (Å²) in [7, 11) is 0. The van der Waals surface area contributed by atoms with Crippen molar-refractivity contribution in [1.29, 1.82) is 0 Å². The van der Waals surface area contributed by atoms with Crippen molar-refractivity contribution in [3.63, 3.8) is 0 Å². The third-order valence-corrected chi connectivity index (χ3v) is 10.00. The highest BCUT2D eigenvalue weighted by molar-refractivity contribution is 6.61. The molecule has 2 saturated carbocycles. The molecular weight excluding hydrogens is 952 g/mol. The fourth-order valence-electron chi connectivity index (χ4n) is 6.47. The summed E-state index contributed by atoms with van der Waals surface area (Å²) in [5.74, 6) is 6.72. The number of esters is 2. The Labute approximate surface area is 413 Å². The molecule has 24 heteroatoms. The average Bonchev–Trinajstić information content (AvgIpc) is 4.02. The molecule has 2 spiro atoms. The van der Waals surface area contributed by atoms with Crippen molar-refractivity contribution in [2.24, 2.45) is 11.8 Å². The molecule has 3 saturated heterocycles. The zero-order valence-electron chi connectivity index (χ0n) is 41.5. The number of aliphatic hydroxyl groups is 4. The summed E-state index contributed by atoms with van der Waals surface area (Å²) in [5, 5.41) is 51.9. The zero-order valence-corrected chi connectivity index (χ0v) is 41.3. The highest BCUT2D eigenvalue weighted by Crippen LogP contribution is 2.54. The molecule has 70 heavy (non-hydrogen) atoms. The van der Waals surface area contributed by atoms with Gasteiger partial charge in [0.2, 0.25) is 0 Å². The van der Waals surface area contributed by atoms with Gasteiger partial charge in [0, 0.05) is 79.4 Å². The van der Waals surface area contributed by atoms with Crippen molar-refractivity contribution in [1.82, 2.24) is 6.15 Å². The molecule has 0 aromatic heterocycles. The average molecular weight is 1020 g/mol. The van der Waals surface area contributed by atoms with Gasteiger partial charge in [0.05, 0.1) is 62.3 Å². The first-order valence-electron chi connectivity index (χ1n) is 21.5. The number of aliphatic hydroxyl groups excluding tert-OH is 4. The highest BCUT2D eigenvalue weighted by atomic mass is 35.5. The first-order chi connectivity index (χ1) is 32.5. The van der Waals surface area contributed by atoms with Gasteiger partial charge in [0.1, 0.15) is 24.1 Å². The van der Waals surface area contributed by atoms with Crippen LogP contribution in [0.4, 0.5) is 10.5 Å². The van der Waals surface area contributed by atoms with Gasteiger partial charge in [-0.05, 0) is 92.2 Å². The Kier molecular flexibility index (Phi) is 29.8. The van der Waals surface area contributed by atoms with Crippen LogP contribution >= 0.6 is 11.6 Å². The number of nitro benzene ring substituents is 1. The number of carbonyl (C=O) groups excluding carboxylic acids is 4. The molecular formula is C46H68ClN2O21+. The number of hydrogen-bond donors (Lipinski definition) is 6. The number of nitrogens with zero attached hydrogens (tertiary/aromatic N) is 1. The minimum atomic E-state index is -1.03. The number of non-ortho nitro benzene ring substituents is 1. The predicted octanol–water partition coefficient (Wildman–Crippen LogP) is 4.27. The Morgan fingerprint density at radius 1 is 0.843 bits per heavy atom. The number of nitro groups is 1. The lowest BCUT2D eigenvalue weighted by Gasteiger charge is -2.17. The van der Waals surface area contributed by atoms with E-state index in [1.807, 2.05) is 54.4 Å². The van der Waals surface area contributed by atoms with E-state index in [0.29, 0.717) is 50.8 Å². The van der Waals surface area contributed by atoms with Crippen molar-refractivity contribution in [2.75, 3.05) is 52.9 Å². The van der Waals surface area contributed by atoms with Crippen LogP contribution in [0.25, 0.3) is 0 Å². The predicted molar refractivity (Wildman–Crippen MR) is 247 cm³/mol. The third kappa shape index (κ3) is 25.7. The molecule has 5 aliphatic rings. The molecule has 8 N–H and O–H groups in total. The largest absolute Gasteiger partial charge is 1.00 e. The minimum Gasteiger partial charge on any atom is -0.465 e. The second-order valence-electron chi connectivity index (χ2n) is 16.9. The van der Waals surface area contributed by atoms with Gasteiger partial charge in [-0.25, -0.2) is 9.59 Å². The van der Waals surface area contributed by atoms with Gasteiger partial charge < -0.3 is 74.0 Å². The smallest absolute Gasteiger partial charge is 0.465 e. The molecule has 6 atom stereocenters. The Hall–Kier alpha value is -5.01. The van der Waals surface area contributed by atoms with Crippen LogP contribution in [0.1, 0.15) is 98.8 Å². The first-order valence-corrected chi connectivity index (χ1v) is 21.9. The summed E-state index contributed by atoms with van der Waals surface area (Å²) in [6.07, 6.45) is 7.66. The van der Waals surface area contributed by atoms with E-state index in [1.165, 1.54) is 31.2 Å². The van der Waals surface area contributed by atoms with Crippen LogP contribution in [0.15, 0.2) is 24.3 Å². The monoisotopic (exact) mass is 1020 g/mol. The highest BCUT2D eigenvalue weighted by Gasteiger charge is 2.63. The van der Waals surface area contributed by atoms with Crippen LogP contribution in [-0.2, 0) is 57.1 Å². The molecule has 2 aliphatic carbocycles. The van der Waals surface area contributed by atoms with E-state index in [-0.39, 0.29) is 68.9 Å². The van der Waals surface area contributed by atoms with E-state index in [2.05, 4.69) is 33.3 Å². The van der Waals surface area contributed by atoms with Crippen LogP contribution in [-0.4, -0.2) is 148 Å². The summed E-state index contributed by atoms with van der Waals surface area (Å²) >= 11 is 4.75. The van der Waals surface area contributed by atoms with Gasteiger partial charge in [0.15, 0.2) is 23.5 Å². The number of benzene rings is 1. The maximum absolute atomic E-state index is 11.9. The number of hydrogen-bond acceptors (Lipinski definition) is 22. The van der Waals surface area contributed by atoms with E-state index in [1.54, 1.807) is 6.11 Å². The van der Waals surface area contributed by atoms with Crippen LogP contribution in [0.3, 0.4) is 0 Å². The molecule has 5 fully saturated rings. The lowest BCUT2D eigenvalue weighted by molar-refractivity contribution is -0.384. The minimum absolute atomic E-state index is 0. The van der Waals surface area contributed by atoms with Gasteiger partial charge in [0.25, 0.3) is 5.69 Å². The Balaban J connectivity index is 0. The Bertz CT molecular complexity index is 1980. The SMILES string of the molecule is C=O.CC(=O)OCC1CC12COC(C)(C)O2.CC1(C)OCC(CCCO)O1.CC1(C)OCC2(CC2COC(=O)c2ccc([N+](=O)[O-])cc2)O1.N.O=C(Cl)OC#CC#CC#COO.OCCCC(O)CO.[H+]. The normalized spacial score (nSPS) is 23.9. The van der Waals surface area contributed by atoms with Gasteiger partial charge in [-0.2, -0.15) is 5.26 Å². The quantitative estimate of drug-likeness (QED) is 0.0305. The molecule has 0 bridgehead atoms. The second kappa shape index (κ2) is 32.1. The molecule has 1 aromatic carbocycles. The van der Waals surface area contributed by atoms with Crippen LogP contribution in [0.2, 0.25) is 0 Å². The molecule has 394 valence electrons. The summed E-state index contributed by atoms with van der Waals surface area (Å²) in [6, 6.07) is 5.35. The van der Waals surface area contributed by atoms with Crippen LogP contribution < -0.4 is 6.15 Å². The summed E-state index contributed by atoms with van der Waals surface area (Å²) in [6.45, 7) is 17.4. The summed E-state index contributed by atoms with van der Waals surface area (Å²) in [5.41, 5.74) is -1.28. The van der Waals surface area contributed by atoms with Crippen LogP contribution in [0.5, 0.6) is 0 Å². The zero-order chi connectivity index (χ0) is 52.3. The molecule has 1 aromatic rings. The molecule has 3 aliphatic heterocycles. The molecule has 0 amide bonds. The number of carbonyl (C=O) groups is 4. The molecule has 0 radical (unpaired) electrons. The maximum atomic E-state index is 11.9. The third-order valence-electron chi connectivity index (χ3n) is 9.92. The lowest BCUT2D eigenvalue weighted by Crippen LogP contribution is -2.24. The first kappa shape index (κ1) is 65.0.